The van der Waals surface area contributed by atoms with E-state index in [4.69, 9.17) is 9.47 Å². The van der Waals surface area contributed by atoms with Crippen LogP contribution in [0.15, 0.2) is 27.9 Å². The second-order valence-electron chi connectivity index (χ2n) is 7.62. The lowest BCUT2D eigenvalue weighted by molar-refractivity contribution is -0.161. The van der Waals surface area contributed by atoms with Crippen molar-refractivity contribution in [2.75, 3.05) is 6.79 Å². The molecule has 0 radical (unpaired) electrons. The molecule has 0 aliphatic rings. The number of rotatable bonds is 4. The van der Waals surface area contributed by atoms with Crippen LogP contribution in [0.2, 0.25) is 0 Å². The summed E-state index contributed by atoms with van der Waals surface area (Å²) in [6, 6.07) is 3.54. The van der Waals surface area contributed by atoms with Gasteiger partial charge in [0.05, 0.1) is 26.5 Å². The highest BCUT2D eigenvalue weighted by Gasteiger charge is 2.24. The molecule has 1 aromatic carbocycles. The van der Waals surface area contributed by atoms with Gasteiger partial charge in [-0.05, 0) is 39.8 Å². The lowest BCUT2D eigenvalue weighted by atomic mass is 9.98. The first-order chi connectivity index (χ1) is 13.6. The van der Waals surface area contributed by atoms with Crippen molar-refractivity contribution in [2.24, 2.45) is 12.5 Å². The first-order valence-corrected chi connectivity index (χ1v) is 9.88. The highest BCUT2D eigenvalue weighted by molar-refractivity contribution is 7.17. The van der Waals surface area contributed by atoms with Crippen LogP contribution in [0.25, 0.3) is 21.1 Å². The van der Waals surface area contributed by atoms with Crippen LogP contribution < -0.4 is 10.3 Å². The highest BCUT2D eigenvalue weighted by atomic mass is 32.1. The van der Waals surface area contributed by atoms with Crippen molar-refractivity contribution >= 4 is 44.4 Å². The Morgan fingerprint density at radius 2 is 1.76 bits per heavy atom. The second kappa shape index (κ2) is 7.47. The monoisotopic (exact) mass is 418 g/mol. The zero-order valence-corrected chi connectivity index (χ0v) is 17.7. The summed E-state index contributed by atoms with van der Waals surface area (Å²) in [6.45, 7) is 6.83. The van der Waals surface area contributed by atoms with Gasteiger partial charge in [0.25, 0.3) is 0 Å². The Hall–Kier alpha value is -2.94. The molecule has 0 N–H and O–H groups in total. The molecule has 29 heavy (non-hydrogen) atoms. The van der Waals surface area contributed by atoms with Gasteiger partial charge in [0.2, 0.25) is 12.2 Å². The van der Waals surface area contributed by atoms with E-state index in [-0.39, 0.29) is 10.4 Å². The first kappa shape index (κ1) is 20.8. The molecule has 2 aromatic heterocycles. The summed E-state index contributed by atoms with van der Waals surface area (Å²) in [4.78, 5) is 49.3. The molecule has 0 bridgehead atoms. The molecule has 9 heteroatoms. The number of hydrogen-bond donors (Lipinski definition) is 0. The van der Waals surface area contributed by atoms with Crippen LogP contribution in [0.3, 0.4) is 0 Å². The van der Waals surface area contributed by atoms with Gasteiger partial charge in [-0.3, -0.25) is 14.4 Å². The van der Waals surface area contributed by atoms with E-state index in [1.54, 1.807) is 44.5 Å². The average molecular weight is 418 g/mol. The predicted octanol–water partition coefficient (Wildman–Crippen LogP) is 2.64. The summed E-state index contributed by atoms with van der Waals surface area (Å²) in [7, 11) is 1.63. The molecular weight excluding hydrogens is 396 g/mol. The van der Waals surface area contributed by atoms with E-state index >= 15 is 0 Å². The maximum Gasteiger partial charge on any atom is 0.346 e. The van der Waals surface area contributed by atoms with E-state index in [0.29, 0.717) is 27.7 Å². The van der Waals surface area contributed by atoms with Crippen LogP contribution in [0, 0.1) is 5.41 Å². The molecule has 2 heterocycles. The van der Waals surface area contributed by atoms with Gasteiger partial charge in [0, 0.05) is 19.8 Å². The molecular formula is C20H22N2O6S. The van der Waals surface area contributed by atoms with Gasteiger partial charge in [-0.25, -0.2) is 4.79 Å². The summed E-state index contributed by atoms with van der Waals surface area (Å²) in [5, 5.41) is 0.299. The quantitative estimate of drug-likeness (QED) is 0.477. The number of carbonyl (C=O) groups is 2. The maximum absolute atomic E-state index is 13.1. The Kier molecular flexibility index (Phi) is 5.36. The van der Waals surface area contributed by atoms with Gasteiger partial charge in [-0.15, -0.1) is 0 Å². The third-order valence-corrected chi connectivity index (χ3v) is 5.62. The van der Waals surface area contributed by atoms with Gasteiger partial charge in [-0.2, -0.15) is 0 Å². The van der Waals surface area contributed by atoms with Crippen LogP contribution in [0.1, 0.15) is 38.1 Å². The molecule has 0 aliphatic heterocycles. The molecule has 0 atom stereocenters. The molecule has 0 aliphatic carbocycles. The molecule has 0 unspecified atom stereocenters. The molecule has 8 nitrogen and oxygen atoms in total. The van der Waals surface area contributed by atoms with E-state index in [1.165, 1.54) is 10.8 Å². The first-order valence-electron chi connectivity index (χ1n) is 9.06. The topological polar surface area (TPSA) is 96.6 Å². The fourth-order valence-electron chi connectivity index (χ4n) is 2.90. The summed E-state index contributed by atoms with van der Waals surface area (Å²) in [6.07, 6.45) is 1.43. The Morgan fingerprint density at radius 1 is 1.10 bits per heavy atom. The lowest BCUT2D eigenvalue weighted by Gasteiger charge is -2.16. The average Bonchev–Trinajstić information content (AvgIpc) is 2.95. The lowest BCUT2D eigenvalue weighted by Crippen LogP contribution is -2.26. The van der Waals surface area contributed by atoms with E-state index in [1.807, 2.05) is 6.92 Å². The van der Waals surface area contributed by atoms with Gasteiger partial charge >= 0.3 is 16.8 Å². The molecule has 0 amide bonds. The second-order valence-corrected chi connectivity index (χ2v) is 8.59. The molecule has 154 valence electrons. The van der Waals surface area contributed by atoms with Gasteiger partial charge in [0.15, 0.2) is 0 Å². The Balaban J connectivity index is 2.05. The van der Waals surface area contributed by atoms with Crippen molar-refractivity contribution in [3.05, 3.63) is 43.8 Å². The van der Waals surface area contributed by atoms with E-state index in [0.717, 1.165) is 11.3 Å². The van der Waals surface area contributed by atoms with E-state index in [9.17, 15) is 19.2 Å². The minimum atomic E-state index is -0.888. The number of fused-ring (bicyclic) bond motifs is 3. The number of thiazole rings is 1. The molecule has 3 rings (SSSR count). The number of pyridine rings is 1. The third kappa shape index (κ3) is 3.69. The minimum absolute atomic E-state index is 0.179. The largest absolute Gasteiger partial charge is 0.427 e. The number of carbonyl (C=O) groups excluding carboxylic acids is 2. The van der Waals surface area contributed by atoms with Gasteiger partial charge in [-0.1, -0.05) is 11.3 Å². The number of ether oxygens (including phenoxy) is 2. The summed E-state index contributed by atoms with van der Waals surface area (Å²) >= 11 is 0.959. The van der Waals surface area contributed by atoms with Crippen LogP contribution >= 0.6 is 11.3 Å². The zero-order valence-electron chi connectivity index (χ0n) is 16.9. The van der Waals surface area contributed by atoms with Crippen LogP contribution in [-0.4, -0.2) is 27.9 Å². The van der Waals surface area contributed by atoms with E-state index in [2.05, 4.69) is 0 Å². The fraction of sp³-hybridized carbons (Fsp3) is 0.400. The van der Waals surface area contributed by atoms with Crippen LogP contribution in [0.4, 0.5) is 0 Å². The Morgan fingerprint density at radius 3 is 2.38 bits per heavy atom. The highest BCUT2D eigenvalue weighted by Crippen LogP contribution is 2.25. The number of aryl methyl sites for hydroxylation is 2. The van der Waals surface area contributed by atoms with Crippen molar-refractivity contribution in [1.29, 1.82) is 0 Å². The number of benzene rings is 1. The van der Waals surface area contributed by atoms with E-state index < -0.39 is 29.6 Å². The Bertz CT molecular complexity index is 1240. The van der Waals surface area contributed by atoms with Crippen molar-refractivity contribution in [3.63, 3.8) is 0 Å². The number of nitrogens with zero attached hydrogens (tertiary/aromatic N) is 2. The minimum Gasteiger partial charge on any atom is -0.427 e. The normalized spacial score (nSPS) is 11.8. The van der Waals surface area contributed by atoms with Crippen molar-refractivity contribution in [3.8, 4) is 0 Å². The molecule has 0 fully saturated rings. The van der Waals surface area contributed by atoms with Crippen molar-refractivity contribution < 1.29 is 19.1 Å². The molecule has 0 saturated heterocycles. The number of esters is 2. The molecule has 0 saturated carbocycles. The van der Waals surface area contributed by atoms with Crippen molar-refractivity contribution in [1.82, 2.24) is 9.13 Å². The zero-order chi connectivity index (χ0) is 21.5. The smallest absolute Gasteiger partial charge is 0.346 e. The van der Waals surface area contributed by atoms with Gasteiger partial charge < -0.3 is 18.6 Å². The predicted molar refractivity (Wildman–Crippen MR) is 110 cm³/mol. The standard InChI is InChI=1S/C20H22N2O6S/c1-6-22-9-11(17(24)27-10-28-18(25)20(2,3)4)15(23)14-12(22)7-8-13-16(14)29-19(26)21(13)5/h7-9H,6,10H2,1-5H3. The van der Waals surface area contributed by atoms with Crippen molar-refractivity contribution in [2.45, 2.75) is 34.2 Å². The number of hydrogen-bond acceptors (Lipinski definition) is 7. The molecule has 0 spiro atoms. The van der Waals surface area contributed by atoms with Gasteiger partial charge in [0.1, 0.15) is 5.56 Å². The third-order valence-electron chi connectivity index (χ3n) is 4.56. The SMILES string of the molecule is CCn1cc(C(=O)OCOC(=O)C(C)(C)C)c(=O)c2c3sc(=O)n(C)c3ccc21. The summed E-state index contributed by atoms with van der Waals surface area (Å²) < 4.78 is 13.7. The molecule has 3 aromatic rings. The number of aromatic nitrogens is 2. The van der Waals surface area contributed by atoms with Crippen LogP contribution in [0.5, 0.6) is 0 Å². The maximum atomic E-state index is 13.1. The van der Waals surface area contributed by atoms with Crippen LogP contribution in [-0.2, 0) is 27.9 Å². The summed E-state index contributed by atoms with van der Waals surface area (Å²) in [5.74, 6) is -1.41. The fourth-order valence-corrected chi connectivity index (χ4v) is 3.92. The Labute approximate surface area is 170 Å². The summed E-state index contributed by atoms with van der Waals surface area (Å²) in [5.41, 5.74) is -0.188.